The first kappa shape index (κ1) is 20.3. The molecule has 1 N–H and O–H groups in total. The first-order chi connectivity index (χ1) is 11.9. The van der Waals surface area contributed by atoms with Crippen LogP contribution in [0.5, 0.6) is 0 Å². The van der Waals surface area contributed by atoms with Crippen molar-refractivity contribution < 1.29 is 9.59 Å². The van der Waals surface area contributed by atoms with Gasteiger partial charge in [0.1, 0.15) is 0 Å². The number of nitrogens with zero attached hydrogens (tertiary/aromatic N) is 1. The molecule has 2 rings (SSSR count). The van der Waals surface area contributed by atoms with Crippen LogP contribution in [-0.4, -0.2) is 35.3 Å². The van der Waals surface area contributed by atoms with Gasteiger partial charge in [0.2, 0.25) is 11.8 Å². The molecule has 1 unspecified atom stereocenters. The van der Waals surface area contributed by atoms with Crippen LogP contribution in [0.15, 0.2) is 0 Å². The Morgan fingerprint density at radius 1 is 0.960 bits per heavy atom. The van der Waals surface area contributed by atoms with Gasteiger partial charge >= 0.3 is 0 Å². The quantitative estimate of drug-likeness (QED) is 0.679. The molecule has 2 fully saturated rings. The van der Waals surface area contributed by atoms with Crippen molar-refractivity contribution >= 4 is 11.8 Å². The minimum Gasteiger partial charge on any atom is -0.356 e. The summed E-state index contributed by atoms with van der Waals surface area (Å²) in [6.07, 6.45) is 8.89. The number of hydrogen-bond donors (Lipinski definition) is 1. The van der Waals surface area contributed by atoms with Gasteiger partial charge in [0.05, 0.1) is 0 Å². The Kier molecular flexibility index (Phi) is 7.77. The number of fused-ring (bicyclic) bond motifs is 2. The predicted molar refractivity (Wildman–Crippen MR) is 102 cm³/mol. The van der Waals surface area contributed by atoms with Gasteiger partial charge in [0.15, 0.2) is 0 Å². The molecule has 0 spiro atoms. The van der Waals surface area contributed by atoms with Gasteiger partial charge in [-0.25, -0.2) is 0 Å². The highest BCUT2D eigenvalue weighted by molar-refractivity contribution is 5.77. The molecule has 2 saturated heterocycles. The summed E-state index contributed by atoms with van der Waals surface area (Å²) in [6, 6.07) is 0.839. The van der Waals surface area contributed by atoms with Gasteiger partial charge in [-0.15, -0.1) is 0 Å². The van der Waals surface area contributed by atoms with E-state index in [0.29, 0.717) is 48.6 Å². The number of piperidine rings is 1. The maximum atomic E-state index is 12.6. The molecule has 0 aromatic rings. The maximum absolute atomic E-state index is 12.6. The third kappa shape index (κ3) is 6.31. The lowest BCUT2D eigenvalue weighted by atomic mass is 9.90. The van der Waals surface area contributed by atoms with E-state index in [-0.39, 0.29) is 5.91 Å². The fraction of sp³-hybridized carbons (Fsp3) is 0.905. The standard InChI is InChI=1S/C21H38N2O2/c1-15(2)6-5-7-21(25)23-18-9-10-19(23)13-17(12-18)14-22-20(24)11-8-16(3)4/h15-19H,5-14H2,1-4H3,(H,22,24)/t17?,18-,19+. The Bertz CT molecular complexity index is 433. The van der Waals surface area contributed by atoms with Crippen molar-refractivity contribution in [3.8, 4) is 0 Å². The second-order valence-electron chi connectivity index (χ2n) is 9.05. The van der Waals surface area contributed by atoms with E-state index in [1.54, 1.807) is 0 Å². The van der Waals surface area contributed by atoms with Gasteiger partial charge in [-0.2, -0.15) is 0 Å². The maximum Gasteiger partial charge on any atom is 0.223 e. The predicted octanol–water partition coefficient (Wildman–Crippen LogP) is 4.13. The second-order valence-corrected chi connectivity index (χ2v) is 9.05. The molecule has 3 atom stereocenters. The topological polar surface area (TPSA) is 49.4 Å². The van der Waals surface area contributed by atoms with Crippen molar-refractivity contribution in [2.45, 2.75) is 97.6 Å². The number of hydrogen-bond acceptors (Lipinski definition) is 2. The van der Waals surface area contributed by atoms with Crippen molar-refractivity contribution in [3.63, 3.8) is 0 Å². The molecule has 0 aromatic heterocycles. The third-order valence-electron chi connectivity index (χ3n) is 5.83. The number of carbonyl (C=O) groups is 2. The number of rotatable bonds is 9. The van der Waals surface area contributed by atoms with Crippen LogP contribution in [0.4, 0.5) is 0 Å². The summed E-state index contributed by atoms with van der Waals surface area (Å²) < 4.78 is 0. The highest BCUT2D eigenvalue weighted by Crippen LogP contribution is 2.39. The highest BCUT2D eigenvalue weighted by Gasteiger charge is 2.42. The van der Waals surface area contributed by atoms with Crippen LogP contribution >= 0.6 is 0 Å². The molecule has 2 aliphatic heterocycles. The highest BCUT2D eigenvalue weighted by atomic mass is 16.2. The largest absolute Gasteiger partial charge is 0.356 e. The molecule has 0 aliphatic carbocycles. The van der Waals surface area contributed by atoms with Gasteiger partial charge in [-0.1, -0.05) is 34.1 Å². The molecule has 144 valence electrons. The molecule has 4 nitrogen and oxygen atoms in total. The zero-order valence-corrected chi connectivity index (χ0v) is 16.7. The Morgan fingerprint density at radius 3 is 2.12 bits per heavy atom. The Balaban J connectivity index is 1.73. The number of nitrogens with one attached hydrogen (secondary N) is 1. The van der Waals surface area contributed by atoms with Gasteiger partial charge in [0, 0.05) is 31.5 Å². The summed E-state index contributed by atoms with van der Waals surface area (Å²) in [7, 11) is 0. The van der Waals surface area contributed by atoms with Crippen molar-refractivity contribution in [1.82, 2.24) is 10.2 Å². The van der Waals surface area contributed by atoms with E-state index < -0.39 is 0 Å². The van der Waals surface area contributed by atoms with Gasteiger partial charge in [-0.05, 0) is 56.3 Å². The Labute approximate surface area is 154 Å². The van der Waals surface area contributed by atoms with E-state index in [0.717, 1.165) is 51.5 Å². The van der Waals surface area contributed by atoms with E-state index in [9.17, 15) is 9.59 Å². The van der Waals surface area contributed by atoms with Gasteiger partial charge in [-0.3, -0.25) is 9.59 Å². The van der Waals surface area contributed by atoms with Crippen LogP contribution < -0.4 is 5.32 Å². The number of amides is 2. The van der Waals surface area contributed by atoms with Crippen LogP contribution in [0.2, 0.25) is 0 Å². The summed E-state index contributed by atoms with van der Waals surface area (Å²) in [5.41, 5.74) is 0. The first-order valence-electron chi connectivity index (χ1n) is 10.4. The minimum absolute atomic E-state index is 0.188. The monoisotopic (exact) mass is 350 g/mol. The number of carbonyl (C=O) groups excluding carboxylic acids is 2. The molecule has 0 aromatic carbocycles. The van der Waals surface area contributed by atoms with Crippen molar-refractivity contribution in [2.75, 3.05) is 6.54 Å². The van der Waals surface area contributed by atoms with Crippen molar-refractivity contribution in [1.29, 1.82) is 0 Å². The molecule has 2 aliphatic rings. The summed E-state index contributed by atoms with van der Waals surface area (Å²) in [4.78, 5) is 26.8. The van der Waals surface area contributed by atoms with Crippen molar-refractivity contribution in [3.05, 3.63) is 0 Å². The van der Waals surface area contributed by atoms with E-state index in [2.05, 4.69) is 37.9 Å². The Morgan fingerprint density at radius 2 is 1.56 bits per heavy atom. The summed E-state index contributed by atoms with van der Waals surface area (Å²) in [5, 5.41) is 3.13. The van der Waals surface area contributed by atoms with Gasteiger partial charge < -0.3 is 10.2 Å². The van der Waals surface area contributed by atoms with Crippen LogP contribution in [0, 0.1) is 17.8 Å². The summed E-state index contributed by atoms with van der Waals surface area (Å²) >= 11 is 0. The van der Waals surface area contributed by atoms with Crippen LogP contribution in [0.3, 0.4) is 0 Å². The van der Waals surface area contributed by atoms with E-state index in [4.69, 9.17) is 0 Å². The smallest absolute Gasteiger partial charge is 0.223 e. The van der Waals surface area contributed by atoms with Crippen LogP contribution in [0.25, 0.3) is 0 Å². The van der Waals surface area contributed by atoms with Crippen LogP contribution in [0.1, 0.15) is 85.5 Å². The molecule has 2 amide bonds. The molecular formula is C21H38N2O2. The minimum atomic E-state index is 0.188. The lowest BCUT2D eigenvalue weighted by Crippen LogP contribution is -2.48. The summed E-state index contributed by atoms with van der Waals surface area (Å²) in [6.45, 7) is 9.53. The molecule has 0 saturated carbocycles. The SMILES string of the molecule is CC(C)CCCC(=O)N1[C@@H]2CC[C@H]1CC(CNC(=O)CCC(C)C)C2. The zero-order valence-electron chi connectivity index (χ0n) is 16.7. The van der Waals surface area contributed by atoms with E-state index >= 15 is 0 Å². The second kappa shape index (κ2) is 9.59. The average molecular weight is 351 g/mol. The van der Waals surface area contributed by atoms with E-state index in [1.165, 1.54) is 0 Å². The molecule has 0 radical (unpaired) electrons. The third-order valence-corrected chi connectivity index (χ3v) is 5.83. The first-order valence-corrected chi connectivity index (χ1v) is 10.4. The van der Waals surface area contributed by atoms with E-state index in [1.807, 2.05) is 0 Å². The molecule has 25 heavy (non-hydrogen) atoms. The fourth-order valence-corrected chi connectivity index (χ4v) is 4.42. The molecule has 2 bridgehead atoms. The average Bonchev–Trinajstić information content (AvgIpc) is 2.81. The lowest BCUT2D eigenvalue weighted by Gasteiger charge is -2.39. The summed E-state index contributed by atoms with van der Waals surface area (Å²) in [5.74, 6) is 2.35. The van der Waals surface area contributed by atoms with Crippen molar-refractivity contribution in [2.24, 2.45) is 17.8 Å². The lowest BCUT2D eigenvalue weighted by molar-refractivity contribution is -0.136. The normalized spacial score (nSPS) is 25.7. The fourth-order valence-electron chi connectivity index (χ4n) is 4.42. The van der Waals surface area contributed by atoms with Crippen LogP contribution in [-0.2, 0) is 9.59 Å². The van der Waals surface area contributed by atoms with Gasteiger partial charge in [0.25, 0.3) is 0 Å². The zero-order chi connectivity index (χ0) is 18.4. The Hall–Kier alpha value is -1.06. The molecular weight excluding hydrogens is 312 g/mol. The molecule has 4 heteroatoms. The molecule has 2 heterocycles.